The lowest BCUT2D eigenvalue weighted by atomic mass is 10.1. The average molecular weight is 250 g/mol. The number of phenols is 1. The van der Waals surface area contributed by atoms with Crippen molar-refractivity contribution in [3.05, 3.63) is 29.3 Å². The Morgan fingerprint density at radius 2 is 2.17 bits per heavy atom. The minimum atomic E-state index is -0.741. The van der Waals surface area contributed by atoms with Crippen LogP contribution in [0, 0.1) is 0 Å². The van der Waals surface area contributed by atoms with Crippen molar-refractivity contribution in [1.29, 1.82) is 0 Å². The molecule has 0 unspecified atom stereocenters. The molecule has 96 valence electrons. The van der Waals surface area contributed by atoms with Gasteiger partial charge in [0.15, 0.2) is 0 Å². The molecule has 3 N–H and O–H groups in total. The van der Waals surface area contributed by atoms with Gasteiger partial charge in [-0.25, -0.2) is 4.79 Å². The Kier molecular flexibility index (Phi) is 4.42. The highest BCUT2D eigenvalue weighted by Crippen LogP contribution is 2.19. The first kappa shape index (κ1) is 13.7. The zero-order valence-electron chi connectivity index (χ0n) is 10.1. The fourth-order valence-electron chi connectivity index (χ4n) is 1.24. The van der Waals surface area contributed by atoms with E-state index < -0.39 is 17.9 Å². The molecular weight excluding hydrogens is 236 g/mol. The van der Waals surface area contributed by atoms with Gasteiger partial charge in [0.2, 0.25) is 5.91 Å². The number of hydrogen-bond donors (Lipinski definition) is 2. The minimum Gasteiger partial charge on any atom is -0.507 e. The molecule has 0 saturated heterocycles. The SMILES string of the molecule is COC(=O)c1cccc(O)c1C=N[C@@H](C)C(N)=O. The topological polar surface area (TPSA) is 102 Å². The number of aliphatic imine (C=N–C) groups is 1. The number of ether oxygens (including phenoxy) is 1. The maximum atomic E-state index is 11.5. The maximum absolute atomic E-state index is 11.5. The molecule has 1 amide bonds. The summed E-state index contributed by atoms with van der Waals surface area (Å²) < 4.78 is 4.58. The van der Waals surface area contributed by atoms with Gasteiger partial charge in [-0.3, -0.25) is 9.79 Å². The Bertz CT molecular complexity index is 497. The predicted octanol–water partition coefficient (Wildman–Crippen LogP) is 0.471. The maximum Gasteiger partial charge on any atom is 0.338 e. The summed E-state index contributed by atoms with van der Waals surface area (Å²) in [4.78, 5) is 26.2. The lowest BCUT2D eigenvalue weighted by Crippen LogP contribution is -2.23. The summed E-state index contributed by atoms with van der Waals surface area (Å²) in [5.74, 6) is -1.32. The molecule has 0 aromatic heterocycles. The molecule has 0 aliphatic rings. The quantitative estimate of drug-likeness (QED) is 0.599. The second kappa shape index (κ2) is 5.81. The van der Waals surface area contributed by atoms with Crippen LogP contribution in [0.1, 0.15) is 22.8 Å². The van der Waals surface area contributed by atoms with Gasteiger partial charge in [-0.2, -0.15) is 0 Å². The molecule has 0 bridgehead atoms. The van der Waals surface area contributed by atoms with Crippen LogP contribution in [0.25, 0.3) is 0 Å². The Labute approximate surface area is 104 Å². The van der Waals surface area contributed by atoms with E-state index in [1.54, 1.807) is 0 Å². The number of rotatable bonds is 4. The van der Waals surface area contributed by atoms with Crippen LogP contribution in [0.15, 0.2) is 23.2 Å². The van der Waals surface area contributed by atoms with Gasteiger partial charge >= 0.3 is 5.97 Å². The predicted molar refractivity (Wildman–Crippen MR) is 65.7 cm³/mol. The van der Waals surface area contributed by atoms with E-state index in [1.165, 1.54) is 38.4 Å². The van der Waals surface area contributed by atoms with Crippen LogP contribution in [-0.4, -0.2) is 36.3 Å². The number of phenolic OH excluding ortho intramolecular Hbond substituents is 1. The Hall–Kier alpha value is -2.37. The first-order valence-corrected chi connectivity index (χ1v) is 5.20. The Morgan fingerprint density at radius 1 is 1.50 bits per heavy atom. The molecule has 0 fully saturated rings. The molecule has 6 nitrogen and oxygen atoms in total. The summed E-state index contributed by atoms with van der Waals surface area (Å²) in [6.07, 6.45) is 1.23. The highest BCUT2D eigenvalue weighted by molar-refractivity contribution is 6.01. The summed E-state index contributed by atoms with van der Waals surface area (Å²) in [6, 6.07) is 3.66. The summed E-state index contributed by atoms with van der Waals surface area (Å²) in [6.45, 7) is 1.51. The van der Waals surface area contributed by atoms with Crippen LogP contribution in [0.5, 0.6) is 5.75 Å². The fourth-order valence-corrected chi connectivity index (χ4v) is 1.24. The number of hydrogen-bond acceptors (Lipinski definition) is 5. The third-order valence-corrected chi connectivity index (χ3v) is 2.33. The van der Waals surface area contributed by atoms with Crippen LogP contribution < -0.4 is 5.73 Å². The molecule has 0 aliphatic heterocycles. The molecule has 1 aromatic carbocycles. The molecule has 0 aliphatic carbocycles. The van der Waals surface area contributed by atoms with Gasteiger partial charge in [0, 0.05) is 11.8 Å². The van der Waals surface area contributed by atoms with Crippen molar-refractivity contribution in [2.75, 3.05) is 7.11 Å². The molecule has 0 heterocycles. The average Bonchev–Trinajstić information content (AvgIpc) is 2.35. The largest absolute Gasteiger partial charge is 0.507 e. The van der Waals surface area contributed by atoms with Crippen LogP contribution >= 0.6 is 0 Å². The van der Waals surface area contributed by atoms with Crippen LogP contribution in [-0.2, 0) is 9.53 Å². The third kappa shape index (κ3) is 3.07. The number of esters is 1. The second-order valence-corrected chi connectivity index (χ2v) is 3.59. The smallest absolute Gasteiger partial charge is 0.338 e. The van der Waals surface area contributed by atoms with Gasteiger partial charge in [0.05, 0.1) is 12.7 Å². The number of aromatic hydroxyl groups is 1. The zero-order chi connectivity index (χ0) is 13.7. The number of methoxy groups -OCH3 is 1. The fraction of sp³-hybridized carbons (Fsp3) is 0.250. The number of amides is 1. The van der Waals surface area contributed by atoms with Gasteiger partial charge in [0.1, 0.15) is 11.8 Å². The number of nitrogens with zero attached hydrogens (tertiary/aromatic N) is 1. The van der Waals surface area contributed by atoms with Gasteiger partial charge in [-0.1, -0.05) is 6.07 Å². The van der Waals surface area contributed by atoms with E-state index in [4.69, 9.17) is 5.73 Å². The molecule has 0 radical (unpaired) electrons. The van der Waals surface area contributed by atoms with Gasteiger partial charge in [-0.05, 0) is 19.1 Å². The number of carbonyl (C=O) groups is 2. The molecule has 18 heavy (non-hydrogen) atoms. The van der Waals surface area contributed by atoms with E-state index in [2.05, 4.69) is 9.73 Å². The highest BCUT2D eigenvalue weighted by atomic mass is 16.5. The number of primary amides is 1. The van der Waals surface area contributed by atoms with E-state index in [1.807, 2.05) is 0 Å². The van der Waals surface area contributed by atoms with Gasteiger partial charge in [0.25, 0.3) is 0 Å². The van der Waals surface area contributed by atoms with Crippen molar-refractivity contribution in [2.24, 2.45) is 10.7 Å². The first-order chi connectivity index (χ1) is 8.47. The van der Waals surface area contributed by atoms with Crippen molar-refractivity contribution in [2.45, 2.75) is 13.0 Å². The summed E-state index contributed by atoms with van der Waals surface area (Å²) in [5.41, 5.74) is 5.41. The van der Waals surface area contributed by atoms with E-state index in [0.29, 0.717) is 0 Å². The monoisotopic (exact) mass is 250 g/mol. The van der Waals surface area contributed by atoms with Crippen LogP contribution in [0.4, 0.5) is 0 Å². The van der Waals surface area contributed by atoms with E-state index in [9.17, 15) is 14.7 Å². The van der Waals surface area contributed by atoms with Crippen molar-refractivity contribution in [3.63, 3.8) is 0 Å². The molecule has 0 saturated carbocycles. The second-order valence-electron chi connectivity index (χ2n) is 3.59. The Balaban J connectivity index is 3.15. The van der Waals surface area contributed by atoms with Crippen LogP contribution in [0.2, 0.25) is 0 Å². The summed E-state index contributed by atoms with van der Waals surface area (Å²) in [7, 11) is 1.24. The lowest BCUT2D eigenvalue weighted by molar-refractivity contribution is -0.118. The highest BCUT2D eigenvalue weighted by Gasteiger charge is 2.14. The van der Waals surface area contributed by atoms with Crippen molar-refractivity contribution in [1.82, 2.24) is 0 Å². The van der Waals surface area contributed by atoms with Crippen molar-refractivity contribution in [3.8, 4) is 5.75 Å². The summed E-state index contributed by atoms with van der Waals surface area (Å²) >= 11 is 0. The molecule has 0 spiro atoms. The normalized spacial score (nSPS) is 12.3. The third-order valence-electron chi connectivity index (χ3n) is 2.33. The number of benzene rings is 1. The van der Waals surface area contributed by atoms with E-state index >= 15 is 0 Å². The molecule has 6 heteroatoms. The van der Waals surface area contributed by atoms with E-state index in [-0.39, 0.29) is 16.9 Å². The van der Waals surface area contributed by atoms with Gasteiger partial charge in [-0.15, -0.1) is 0 Å². The standard InChI is InChI=1S/C12H14N2O4/c1-7(11(13)16)14-6-9-8(12(17)18-2)4-3-5-10(9)15/h3-7,15H,1-2H3,(H2,13,16)/t7-/m0/s1. The van der Waals surface area contributed by atoms with Crippen molar-refractivity contribution >= 4 is 18.1 Å². The number of carbonyl (C=O) groups excluding carboxylic acids is 2. The molecule has 1 atom stereocenters. The molecule has 1 rings (SSSR count). The Morgan fingerprint density at radius 3 is 2.72 bits per heavy atom. The minimum absolute atomic E-state index is 0.127. The van der Waals surface area contributed by atoms with Crippen molar-refractivity contribution < 1.29 is 19.4 Å². The summed E-state index contributed by atoms with van der Waals surface area (Å²) in [5, 5.41) is 9.67. The zero-order valence-corrected chi connectivity index (χ0v) is 10.1. The molecule has 1 aromatic rings. The first-order valence-electron chi connectivity index (χ1n) is 5.20. The lowest BCUT2D eigenvalue weighted by Gasteiger charge is -2.06. The van der Waals surface area contributed by atoms with Gasteiger partial charge < -0.3 is 15.6 Å². The van der Waals surface area contributed by atoms with Crippen LogP contribution in [0.3, 0.4) is 0 Å². The molecular formula is C12H14N2O4. The number of nitrogens with two attached hydrogens (primary N) is 1. The van der Waals surface area contributed by atoms with E-state index in [0.717, 1.165) is 0 Å².